The Kier molecular flexibility index (Phi) is 5.52. The Morgan fingerprint density at radius 1 is 1.50 bits per heavy atom. The molecule has 1 N–H and O–H groups in total. The molecule has 0 atom stereocenters. The van der Waals surface area contributed by atoms with E-state index in [9.17, 15) is 4.79 Å². The minimum absolute atomic E-state index is 0.270. The average molecular weight is 270 g/mol. The van der Waals surface area contributed by atoms with Crippen molar-refractivity contribution in [3.8, 4) is 5.75 Å². The van der Waals surface area contributed by atoms with E-state index in [0.717, 1.165) is 0 Å². The Morgan fingerprint density at radius 2 is 2.22 bits per heavy atom. The SMILES string of the molecule is C=C(CNc1cc(OC)ccc1Cl)C(=O)OCC. The molecule has 1 aromatic carbocycles. The van der Waals surface area contributed by atoms with Gasteiger partial charge in [-0.15, -0.1) is 0 Å². The molecule has 0 radical (unpaired) electrons. The van der Waals surface area contributed by atoms with Crippen LogP contribution in [0.5, 0.6) is 5.75 Å². The molecule has 0 spiro atoms. The van der Waals surface area contributed by atoms with Gasteiger partial charge in [0.1, 0.15) is 5.75 Å². The number of hydrogen-bond acceptors (Lipinski definition) is 4. The first-order valence-electron chi connectivity index (χ1n) is 5.50. The third kappa shape index (κ3) is 3.96. The van der Waals surface area contributed by atoms with Crippen molar-refractivity contribution < 1.29 is 14.3 Å². The zero-order valence-electron chi connectivity index (χ0n) is 10.5. The topological polar surface area (TPSA) is 47.6 Å². The Bertz CT molecular complexity index is 446. The summed E-state index contributed by atoms with van der Waals surface area (Å²) in [7, 11) is 1.57. The van der Waals surface area contributed by atoms with Crippen LogP contribution in [0.3, 0.4) is 0 Å². The molecule has 0 fully saturated rings. The van der Waals surface area contributed by atoms with E-state index in [1.807, 2.05) is 0 Å². The van der Waals surface area contributed by atoms with E-state index in [1.54, 1.807) is 32.2 Å². The lowest BCUT2D eigenvalue weighted by atomic mass is 10.2. The van der Waals surface area contributed by atoms with Gasteiger partial charge in [-0.3, -0.25) is 0 Å². The van der Waals surface area contributed by atoms with Crippen LogP contribution in [0, 0.1) is 0 Å². The van der Waals surface area contributed by atoms with E-state index in [-0.39, 0.29) is 6.54 Å². The highest BCUT2D eigenvalue weighted by Gasteiger charge is 2.08. The van der Waals surface area contributed by atoms with Crippen molar-refractivity contribution in [1.82, 2.24) is 0 Å². The lowest BCUT2D eigenvalue weighted by Crippen LogP contribution is -2.14. The normalized spacial score (nSPS) is 9.72. The summed E-state index contributed by atoms with van der Waals surface area (Å²) in [5.41, 5.74) is 1.03. The first-order chi connectivity index (χ1) is 8.58. The molecule has 0 amide bonds. The van der Waals surface area contributed by atoms with E-state index >= 15 is 0 Å². The van der Waals surface area contributed by atoms with Gasteiger partial charge in [0.15, 0.2) is 0 Å². The number of carbonyl (C=O) groups is 1. The van der Waals surface area contributed by atoms with Crippen molar-refractivity contribution >= 4 is 23.3 Å². The van der Waals surface area contributed by atoms with E-state index in [4.69, 9.17) is 21.1 Å². The molecule has 18 heavy (non-hydrogen) atoms. The van der Waals surface area contributed by atoms with Crippen LogP contribution in [0.25, 0.3) is 0 Å². The predicted molar refractivity (Wildman–Crippen MR) is 72.3 cm³/mol. The van der Waals surface area contributed by atoms with Gasteiger partial charge in [0.2, 0.25) is 0 Å². The molecule has 0 bridgehead atoms. The molecule has 5 heteroatoms. The third-order valence-electron chi connectivity index (χ3n) is 2.23. The van der Waals surface area contributed by atoms with E-state index in [0.29, 0.717) is 28.6 Å². The summed E-state index contributed by atoms with van der Waals surface area (Å²) in [5, 5.41) is 3.56. The van der Waals surface area contributed by atoms with Crippen LogP contribution in [0.4, 0.5) is 5.69 Å². The minimum Gasteiger partial charge on any atom is -0.497 e. The number of anilines is 1. The summed E-state index contributed by atoms with van der Waals surface area (Å²) < 4.78 is 9.92. The van der Waals surface area contributed by atoms with Crippen molar-refractivity contribution in [2.24, 2.45) is 0 Å². The van der Waals surface area contributed by atoms with Crippen molar-refractivity contribution in [1.29, 1.82) is 0 Å². The third-order valence-corrected chi connectivity index (χ3v) is 2.56. The highest BCUT2D eigenvalue weighted by Crippen LogP contribution is 2.26. The predicted octanol–water partition coefficient (Wildman–Crippen LogP) is 2.88. The fourth-order valence-corrected chi connectivity index (χ4v) is 1.46. The lowest BCUT2D eigenvalue weighted by molar-refractivity contribution is -0.138. The summed E-state index contributed by atoms with van der Waals surface area (Å²) >= 11 is 6.01. The monoisotopic (exact) mass is 269 g/mol. The average Bonchev–Trinajstić information content (AvgIpc) is 2.37. The molecule has 0 aromatic heterocycles. The molecule has 1 rings (SSSR count). The number of esters is 1. The number of nitrogens with one attached hydrogen (secondary N) is 1. The van der Waals surface area contributed by atoms with Gasteiger partial charge in [0.05, 0.1) is 24.4 Å². The van der Waals surface area contributed by atoms with Gasteiger partial charge in [-0.05, 0) is 19.1 Å². The Hall–Kier alpha value is -1.68. The summed E-state index contributed by atoms with van der Waals surface area (Å²) in [4.78, 5) is 11.4. The fourth-order valence-electron chi connectivity index (χ4n) is 1.27. The molecule has 0 aliphatic rings. The lowest BCUT2D eigenvalue weighted by Gasteiger charge is -2.11. The molecule has 0 saturated heterocycles. The second-order valence-electron chi connectivity index (χ2n) is 3.52. The smallest absolute Gasteiger partial charge is 0.335 e. The zero-order chi connectivity index (χ0) is 13.5. The molecule has 0 aliphatic heterocycles. The van der Waals surface area contributed by atoms with Crippen molar-refractivity contribution in [3.05, 3.63) is 35.4 Å². The molecule has 0 heterocycles. The van der Waals surface area contributed by atoms with Gasteiger partial charge >= 0.3 is 5.97 Å². The van der Waals surface area contributed by atoms with Crippen LogP contribution in [-0.2, 0) is 9.53 Å². The second-order valence-corrected chi connectivity index (χ2v) is 3.93. The van der Waals surface area contributed by atoms with Gasteiger partial charge in [-0.25, -0.2) is 4.79 Å². The highest BCUT2D eigenvalue weighted by atomic mass is 35.5. The zero-order valence-corrected chi connectivity index (χ0v) is 11.2. The maximum atomic E-state index is 11.4. The van der Waals surface area contributed by atoms with Crippen molar-refractivity contribution in [2.45, 2.75) is 6.92 Å². The van der Waals surface area contributed by atoms with Gasteiger partial charge in [-0.2, -0.15) is 0 Å². The number of halogens is 1. The first-order valence-corrected chi connectivity index (χ1v) is 5.88. The van der Waals surface area contributed by atoms with Gasteiger partial charge < -0.3 is 14.8 Å². The maximum absolute atomic E-state index is 11.4. The summed E-state index contributed by atoms with van der Waals surface area (Å²) in [6, 6.07) is 5.23. The van der Waals surface area contributed by atoms with Crippen LogP contribution in [0.15, 0.2) is 30.4 Å². The Balaban J connectivity index is 2.63. The maximum Gasteiger partial charge on any atom is 0.335 e. The van der Waals surface area contributed by atoms with Gasteiger partial charge in [0, 0.05) is 18.2 Å². The molecular formula is C13H16ClNO3. The summed E-state index contributed by atoms with van der Waals surface area (Å²) in [5.74, 6) is 0.271. The summed E-state index contributed by atoms with van der Waals surface area (Å²) in [6.07, 6.45) is 0. The van der Waals surface area contributed by atoms with Crippen LogP contribution in [-0.4, -0.2) is 26.2 Å². The van der Waals surface area contributed by atoms with Crippen molar-refractivity contribution in [2.75, 3.05) is 25.6 Å². The van der Waals surface area contributed by atoms with Crippen LogP contribution in [0.2, 0.25) is 5.02 Å². The number of benzene rings is 1. The van der Waals surface area contributed by atoms with Crippen molar-refractivity contribution in [3.63, 3.8) is 0 Å². The molecule has 4 nitrogen and oxygen atoms in total. The molecule has 0 aliphatic carbocycles. The Labute approximate surface area is 112 Å². The van der Waals surface area contributed by atoms with Crippen LogP contribution in [0.1, 0.15) is 6.92 Å². The number of methoxy groups -OCH3 is 1. The van der Waals surface area contributed by atoms with Crippen LogP contribution >= 0.6 is 11.6 Å². The standard InChI is InChI=1S/C13H16ClNO3/c1-4-18-13(16)9(2)8-15-12-7-10(17-3)5-6-11(12)14/h5-7,15H,2,4,8H2,1,3H3. The van der Waals surface area contributed by atoms with Crippen LogP contribution < -0.4 is 10.1 Å². The van der Waals surface area contributed by atoms with Gasteiger partial charge in [-0.1, -0.05) is 18.2 Å². The van der Waals surface area contributed by atoms with E-state index in [2.05, 4.69) is 11.9 Å². The second kappa shape index (κ2) is 6.91. The number of rotatable bonds is 6. The van der Waals surface area contributed by atoms with E-state index < -0.39 is 5.97 Å². The van der Waals surface area contributed by atoms with E-state index in [1.165, 1.54) is 0 Å². The molecule has 0 saturated carbocycles. The van der Waals surface area contributed by atoms with Gasteiger partial charge in [0.25, 0.3) is 0 Å². The summed E-state index contributed by atoms with van der Waals surface area (Å²) in [6.45, 7) is 6.00. The number of hydrogen-bond donors (Lipinski definition) is 1. The highest BCUT2D eigenvalue weighted by molar-refractivity contribution is 6.33. The largest absolute Gasteiger partial charge is 0.497 e. The minimum atomic E-state index is -0.413. The first kappa shape index (κ1) is 14.4. The Morgan fingerprint density at radius 3 is 2.83 bits per heavy atom. The molecule has 98 valence electrons. The fraction of sp³-hybridized carbons (Fsp3) is 0.308. The molecular weight excluding hydrogens is 254 g/mol. The number of carbonyl (C=O) groups excluding carboxylic acids is 1. The number of ether oxygens (including phenoxy) is 2. The molecule has 0 unspecified atom stereocenters. The molecule has 1 aromatic rings. The quantitative estimate of drug-likeness (QED) is 0.637.